The molecule has 152 valence electrons. The van der Waals surface area contributed by atoms with Gasteiger partial charge in [-0.2, -0.15) is 0 Å². The maximum Gasteiger partial charge on any atom is 0.193 e. The lowest BCUT2D eigenvalue weighted by atomic mass is 9.98. The Balaban J connectivity index is 1.28. The van der Waals surface area contributed by atoms with Gasteiger partial charge in [-0.3, -0.25) is 9.89 Å². The number of rotatable bonds is 5. The van der Waals surface area contributed by atoms with Gasteiger partial charge >= 0.3 is 0 Å². The first-order valence-corrected chi connectivity index (χ1v) is 10.9. The van der Waals surface area contributed by atoms with Crippen molar-refractivity contribution < 1.29 is 4.74 Å². The van der Waals surface area contributed by atoms with Gasteiger partial charge in [-0.25, -0.2) is 0 Å². The molecule has 5 heteroatoms. The van der Waals surface area contributed by atoms with E-state index in [1.165, 1.54) is 44.1 Å². The van der Waals surface area contributed by atoms with E-state index in [1.807, 2.05) is 7.05 Å². The van der Waals surface area contributed by atoms with Crippen molar-refractivity contribution in [3.63, 3.8) is 0 Å². The van der Waals surface area contributed by atoms with Crippen molar-refractivity contribution in [2.24, 2.45) is 4.99 Å². The highest BCUT2D eigenvalue weighted by molar-refractivity contribution is 5.80. The molecule has 0 aromatic heterocycles. The van der Waals surface area contributed by atoms with Gasteiger partial charge in [0.25, 0.3) is 0 Å². The van der Waals surface area contributed by atoms with E-state index in [9.17, 15) is 0 Å². The Kier molecular flexibility index (Phi) is 6.53. The Morgan fingerprint density at radius 2 is 1.96 bits per heavy atom. The molecule has 1 saturated carbocycles. The highest BCUT2D eigenvalue weighted by atomic mass is 16.5. The van der Waals surface area contributed by atoms with E-state index in [2.05, 4.69) is 56.5 Å². The third kappa shape index (κ3) is 4.88. The van der Waals surface area contributed by atoms with Crippen molar-refractivity contribution in [3.8, 4) is 5.75 Å². The summed E-state index contributed by atoms with van der Waals surface area (Å²) >= 11 is 0. The number of aliphatic imine (C=N–C) groups is 1. The molecule has 1 atom stereocenters. The topological polar surface area (TPSA) is 40.1 Å². The molecular formula is C23H34N4O. The predicted molar refractivity (Wildman–Crippen MR) is 115 cm³/mol. The monoisotopic (exact) mass is 382 g/mol. The fourth-order valence-electron chi connectivity index (χ4n) is 4.64. The van der Waals surface area contributed by atoms with Crippen LogP contribution in [0.25, 0.3) is 0 Å². The van der Waals surface area contributed by atoms with Gasteiger partial charge in [-0.15, -0.1) is 0 Å². The lowest BCUT2D eigenvalue weighted by Gasteiger charge is -2.25. The highest BCUT2D eigenvalue weighted by Gasteiger charge is 2.29. The van der Waals surface area contributed by atoms with Crippen LogP contribution in [0.5, 0.6) is 5.75 Å². The zero-order chi connectivity index (χ0) is 19.2. The van der Waals surface area contributed by atoms with E-state index >= 15 is 0 Å². The first-order chi connectivity index (χ1) is 13.8. The molecule has 1 N–H and O–H groups in total. The van der Waals surface area contributed by atoms with E-state index in [1.54, 1.807) is 0 Å². The Morgan fingerprint density at radius 3 is 2.75 bits per heavy atom. The van der Waals surface area contributed by atoms with Gasteiger partial charge in [0.2, 0.25) is 0 Å². The summed E-state index contributed by atoms with van der Waals surface area (Å²) < 4.78 is 6.22. The molecule has 1 saturated heterocycles. The average molecular weight is 383 g/mol. The maximum absolute atomic E-state index is 6.22. The van der Waals surface area contributed by atoms with Crippen molar-refractivity contribution in [3.05, 3.63) is 42.0 Å². The van der Waals surface area contributed by atoms with Gasteiger partial charge in [0.1, 0.15) is 5.75 Å². The summed E-state index contributed by atoms with van der Waals surface area (Å²) in [6, 6.07) is 9.17. The number of likely N-dealkylation sites (tertiary alicyclic amines) is 1. The number of nitrogens with one attached hydrogen (secondary N) is 1. The van der Waals surface area contributed by atoms with Crippen LogP contribution >= 0.6 is 0 Å². The van der Waals surface area contributed by atoms with Crippen LogP contribution in [0.2, 0.25) is 0 Å². The molecule has 1 aliphatic carbocycles. The van der Waals surface area contributed by atoms with Gasteiger partial charge in [0.15, 0.2) is 5.96 Å². The van der Waals surface area contributed by atoms with Crippen molar-refractivity contribution in [1.82, 2.24) is 15.1 Å². The third-order valence-electron chi connectivity index (χ3n) is 6.24. The van der Waals surface area contributed by atoms with Crippen molar-refractivity contribution >= 4 is 5.96 Å². The van der Waals surface area contributed by atoms with Crippen molar-refractivity contribution in [1.29, 1.82) is 0 Å². The van der Waals surface area contributed by atoms with Crippen LogP contribution in [0.4, 0.5) is 0 Å². The SMILES string of the molecule is CN=C(NCc1cccc(OC2CCCCC2)c1)N1CCC(N2CC=CC2)C1. The Morgan fingerprint density at radius 1 is 1.14 bits per heavy atom. The summed E-state index contributed by atoms with van der Waals surface area (Å²) in [6.45, 7) is 5.11. The van der Waals surface area contributed by atoms with E-state index < -0.39 is 0 Å². The lowest BCUT2D eigenvalue weighted by Crippen LogP contribution is -2.42. The normalized spacial score (nSPS) is 24.1. The van der Waals surface area contributed by atoms with E-state index in [0.29, 0.717) is 12.1 Å². The van der Waals surface area contributed by atoms with Crippen LogP contribution in [-0.4, -0.2) is 61.1 Å². The van der Waals surface area contributed by atoms with Gasteiger partial charge in [-0.05, 0) is 49.8 Å². The Bertz CT molecular complexity index is 688. The minimum absolute atomic E-state index is 0.395. The summed E-state index contributed by atoms with van der Waals surface area (Å²) in [4.78, 5) is 9.48. The van der Waals surface area contributed by atoms with Crippen LogP contribution in [-0.2, 0) is 6.54 Å². The zero-order valence-electron chi connectivity index (χ0n) is 17.1. The van der Waals surface area contributed by atoms with E-state index in [4.69, 9.17) is 4.74 Å². The largest absolute Gasteiger partial charge is 0.490 e. The van der Waals surface area contributed by atoms with E-state index in [0.717, 1.165) is 44.4 Å². The van der Waals surface area contributed by atoms with Gasteiger partial charge < -0.3 is 15.0 Å². The zero-order valence-corrected chi connectivity index (χ0v) is 17.1. The van der Waals surface area contributed by atoms with Gasteiger partial charge in [-0.1, -0.05) is 30.7 Å². The molecule has 0 amide bonds. The molecule has 28 heavy (non-hydrogen) atoms. The Hall–Kier alpha value is -2.01. The van der Waals surface area contributed by atoms with Crippen LogP contribution in [0.15, 0.2) is 41.4 Å². The molecule has 1 aromatic carbocycles. The maximum atomic E-state index is 6.22. The summed E-state index contributed by atoms with van der Waals surface area (Å²) in [5.41, 5.74) is 1.24. The number of hydrogen-bond donors (Lipinski definition) is 1. The van der Waals surface area contributed by atoms with Crippen LogP contribution < -0.4 is 10.1 Å². The molecule has 4 rings (SSSR count). The molecule has 2 aliphatic heterocycles. The standard InChI is InChI=1S/C23H34N4O/c1-24-23(27-15-12-20(18-27)26-13-5-6-14-26)25-17-19-8-7-11-22(16-19)28-21-9-3-2-4-10-21/h5-8,11,16,20-21H,2-4,9-10,12-15,17-18H2,1H3,(H,24,25). The minimum Gasteiger partial charge on any atom is -0.490 e. The second kappa shape index (κ2) is 9.46. The lowest BCUT2D eigenvalue weighted by molar-refractivity contribution is 0.155. The quantitative estimate of drug-likeness (QED) is 0.481. The molecular weight excluding hydrogens is 348 g/mol. The number of nitrogens with zero attached hydrogens (tertiary/aromatic N) is 3. The minimum atomic E-state index is 0.395. The highest BCUT2D eigenvalue weighted by Crippen LogP contribution is 2.24. The van der Waals surface area contributed by atoms with Crippen LogP contribution in [0, 0.1) is 0 Å². The first-order valence-electron chi connectivity index (χ1n) is 10.9. The summed E-state index contributed by atoms with van der Waals surface area (Å²) in [6.07, 6.45) is 12.5. The second-order valence-corrected chi connectivity index (χ2v) is 8.24. The molecule has 2 fully saturated rings. The molecule has 3 aliphatic rings. The Labute approximate surface area is 169 Å². The average Bonchev–Trinajstić information content (AvgIpc) is 3.42. The molecule has 0 bridgehead atoms. The van der Waals surface area contributed by atoms with Crippen LogP contribution in [0.1, 0.15) is 44.1 Å². The molecule has 0 spiro atoms. The van der Waals surface area contributed by atoms with Gasteiger partial charge in [0, 0.05) is 45.8 Å². The molecule has 1 unspecified atom stereocenters. The summed E-state index contributed by atoms with van der Waals surface area (Å²) in [5.74, 6) is 2.01. The number of hydrogen-bond acceptors (Lipinski definition) is 3. The first kappa shape index (κ1) is 19.3. The predicted octanol–water partition coefficient (Wildman–Crippen LogP) is 3.42. The smallest absolute Gasteiger partial charge is 0.193 e. The molecule has 1 aromatic rings. The molecule has 2 heterocycles. The molecule has 5 nitrogen and oxygen atoms in total. The van der Waals surface area contributed by atoms with Crippen LogP contribution in [0.3, 0.4) is 0 Å². The third-order valence-corrected chi connectivity index (χ3v) is 6.24. The van der Waals surface area contributed by atoms with Crippen molar-refractivity contribution in [2.45, 2.75) is 57.2 Å². The number of benzene rings is 1. The van der Waals surface area contributed by atoms with Gasteiger partial charge in [0.05, 0.1) is 6.10 Å². The fourth-order valence-corrected chi connectivity index (χ4v) is 4.64. The molecule has 0 radical (unpaired) electrons. The fraction of sp³-hybridized carbons (Fsp3) is 0.609. The van der Waals surface area contributed by atoms with E-state index in [-0.39, 0.29) is 0 Å². The number of ether oxygens (including phenoxy) is 1. The summed E-state index contributed by atoms with van der Waals surface area (Å²) in [5, 5.41) is 3.56. The number of guanidine groups is 1. The summed E-state index contributed by atoms with van der Waals surface area (Å²) in [7, 11) is 1.88. The second-order valence-electron chi connectivity index (χ2n) is 8.24. The van der Waals surface area contributed by atoms with Crippen molar-refractivity contribution in [2.75, 3.05) is 33.2 Å².